The Balaban J connectivity index is 2.81. The van der Waals surface area contributed by atoms with Crippen LogP contribution in [0, 0.1) is 0 Å². The van der Waals surface area contributed by atoms with Crippen LogP contribution in [0.4, 0.5) is 5.82 Å². The summed E-state index contributed by atoms with van der Waals surface area (Å²) in [4.78, 5) is 8.33. The van der Waals surface area contributed by atoms with Crippen molar-refractivity contribution in [2.75, 3.05) is 12.4 Å². The van der Waals surface area contributed by atoms with Gasteiger partial charge >= 0.3 is 0 Å². The number of rotatable bonds is 2. The molecule has 13 heavy (non-hydrogen) atoms. The summed E-state index contributed by atoms with van der Waals surface area (Å²) in [6.07, 6.45) is 7.10. The minimum absolute atomic E-state index is 0.806. The average molecular weight is 174 g/mol. The number of imidazole rings is 1. The first-order valence-electron chi connectivity index (χ1n) is 3.99. The molecule has 2 rings (SSSR count). The molecule has 0 aromatic carbocycles. The first kappa shape index (κ1) is 7.79. The first-order valence-corrected chi connectivity index (χ1v) is 3.99. The lowest BCUT2D eigenvalue weighted by Crippen LogP contribution is -2.00. The van der Waals surface area contributed by atoms with Gasteiger partial charge in [0.1, 0.15) is 5.82 Å². The number of hydrogen-bond acceptors (Lipinski definition) is 3. The summed E-state index contributed by atoms with van der Waals surface area (Å²) in [7, 11) is 1.83. The molecule has 0 amide bonds. The van der Waals surface area contributed by atoms with Crippen molar-refractivity contribution >= 4 is 17.5 Å². The van der Waals surface area contributed by atoms with Gasteiger partial charge in [0.2, 0.25) is 0 Å². The van der Waals surface area contributed by atoms with Crippen LogP contribution >= 0.6 is 0 Å². The molecule has 0 bridgehead atoms. The van der Waals surface area contributed by atoms with Gasteiger partial charge in [0, 0.05) is 19.4 Å². The Morgan fingerprint density at radius 2 is 2.38 bits per heavy atom. The molecule has 2 aromatic rings. The Morgan fingerprint density at radius 1 is 1.54 bits per heavy atom. The second kappa shape index (κ2) is 2.90. The van der Waals surface area contributed by atoms with E-state index in [4.69, 9.17) is 0 Å². The second-order valence-electron chi connectivity index (χ2n) is 2.60. The lowest BCUT2D eigenvalue weighted by atomic mass is 10.4. The topological polar surface area (TPSA) is 42.2 Å². The molecule has 1 N–H and O–H groups in total. The number of hydrogen-bond donors (Lipinski definition) is 1. The van der Waals surface area contributed by atoms with E-state index in [1.165, 1.54) is 0 Å². The molecule has 0 unspecified atom stereocenters. The molecule has 66 valence electrons. The van der Waals surface area contributed by atoms with Crippen molar-refractivity contribution in [1.29, 1.82) is 0 Å². The summed E-state index contributed by atoms with van der Waals surface area (Å²) in [5.74, 6) is 0.806. The van der Waals surface area contributed by atoms with Gasteiger partial charge in [-0.25, -0.2) is 9.97 Å². The van der Waals surface area contributed by atoms with Crippen molar-refractivity contribution in [3.05, 3.63) is 30.9 Å². The van der Waals surface area contributed by atoms with Gasteiger partial charge in [-0.05, 0) is 6.08 Å². The van der Waals surface area contributed by atoms with Crippen LogP contribution in [-0.4, -0.2) is 21.4 Å². The lowest BCUT2D eigenvalue weighted by molar-refractivity contribution is 1.10. The highest BCUT2D eigenvalue weighted by molar-refractivity contribution is 5.61. The summed E-state index contributed by atoms with van der Waals surface area (Å²) in [5.41, 5.74) is 1.76. The van der Waals surface area contributed by atoms with Crippen molar-refractivity contribution in [1.82, 2.24) is 14.4 Å². The van der Waals surface area contributed by atoms with Gasteiger partial charge in [0.05, 0.1) is 11.9 Å². The maximum absolute atomic E-state index is 4.20. The van der Waals surface area contributed by atoms with Crippen molar-refractivity contribution in [2.45, 2.75) is 0 Å². The zero-order valence-electron chi connectivity index (χ0n) is 7.36. The molecule has 0 aliphatic carbocycles. The van der Waals surface area contributed by atoms with E-state index in [1.807, 2.05) is 17.6 Å². The molecule has 0 atom stereocenters. The fourth-order valence-corrected chi connectivity index (χ4v) is 1.30. The molecule has 0 aliphatic rings. The molecule has 0 fully saturated rings. The smallest absolute Gasteiger partial charge is 0.155 e. The van der Waals surface area contributed by atoms with E-state index in [-0.39, 0.29) is 0 Å². The van der Waals surface area contributed by atoms with Gasteiger partial charge < -0.3 is 5.32 Å². The predicted octanol–water partition coefficient (Wildman–Crippen LogP) is 1.41. The van der Waals surface area contributed by atoms with Crippen molar-refractivity contribution in [2.24, 2.45) is 0 Å². The molecule has 2 aromatic heterocycles. The highest BCUT2D eigenvalue weighted by Gasteiger charge is 2.03. The Kier molecular flexibility index (Phi) is 1.73. The fraction of sp³-hybridized carbons (Fsp3) is 0.111. The van der Waals surface area contributed by atoms with Crippen molar-refractivity contribution in [3.63, 3.8) is 0 Å². The number of nitrogens with zero attached hydrogens (tertiary/aromatic N) is 3. The largest absolute Gasteiger partial charge is 0.371 e. The van der Waals surface area contributed by atoms with E-state index in [9.17, 15) is 0 Å². The van der Waals surface area contributed by atoms with Crippen LogP contribution in [0.3, 0.4) is 0 Å². The van der Waals surface area contributed by atoms with E-state index in [2.05, 4.69) is 21.9 Å². The monoisotopic (exact) mass is 174 g/mol. The molecule has 2 heterocycles. The maximum Gasteiger partial charge on any atom is 0.155 e. The summed E-state index contributed by atoms with van der Waals surface area (Å²) in [6.45, 7) is 3.74. The van der Waals surface area contributed by atoms with Crippen LogP contribution in [0.5, 0.6) is 0 Å². The molecule has 0 saturated carbocycles. The van der Waals surface area contributed by atoms with Gasteiger partial charge in [-0.3, -0.25) is 4.40 Å². The van der Waals surface area contributed by atoms with E-state index in [1.54, 1.807) is 18.5 Å². The predicted molar refractivity (Wildman–Crippen MR) is 52.6 cm³/mol. The number of nitrogens with one attached hydrogen (secondary N) is 1. The molecule has 4 heteroatoms. The van der Waals surface area contributed by atoms with Crippen molar-refractivity contribution < 1.29 is 0 Å². The molecular weight excluding hydrogens is 164 g/mol. The number of anilines is 1. The maximum atomic E-state index is 4.20. The second-order valence-corrected chi connectivity index (χ2v) is 2.60. The third-order valence-electron chi connectivity index (χ3n) is 1.91. The molecule has 0 saturated heterocycles. The third kappa shape index (κ3) is 1.07. The Morgan fingerprint density at radius 3 is 3.08 bits per heavy atom. The molecular formula is C9H10N4. The summed E-state index contributed by atoms with van der Waals surface area (Å²) >= 11 is 0. The fourth-order valence-electron chi connectivity index (χ4n) is 1.30. The zero-order valence-corrected chi connectivity index (χ0v) is 7.36. The van der Waals surface area contributed by atoms with Crippen LogP contribution in [-0.2, 0) is 0 Å². The van der Waals surface area contributed by atoms with E-state index in [0.717, 1.165) is 17.2 Å². The minimum atomic E-state index is 0.806. The number of aromatic nitrogens is 3. The third-order valence-corrected chi connectivity index (χ3v) is 1.91. The zero-order chi connectivity index (χ0) is 9.26. The lowest BCUT2D eigenvalue weighted by Gasteiger charge is -2.05. The SMILES string of the molecule is C=Cc1c(NC)ncc2nccn12. The quantitative estimate of drug-likeness (QED) is 0.748. The average Bonchev–Trinajstić information content (AvgIpc) is 2.63. The van der Waals surface area contributed by atoms with Gasteiger partial charge in [0.15, 0.2) is 5.65 Å². The molecule has 0 spiro atoms. The van der Waals surface area contributed by atoms with Gasteiger partial charge in [-0.2, -0.15) is 0 Å². The van der Waals surface area contributed by atoms with Crippen LogP contribution in [0.1, 0.15) is 5.69 Å². The first-order chi connectivity index (χ1) is 6.36. The van der Waals surface area contributed by atoms with Gasteiger partial charge in [0.25, 0.3) is 0 Å². The minimum Gasteiger partial charge on any atom is -0.371 e. The Labute approximate surface area is 75.9 Å². The summed E-state index contributed by atoms with van der Waals surface area (Å²) in [6, 6.07) is 0. The van der Waals surface area contributed by atoms with Crippen LogP contribution in [0.25, 0.3) is 11.7 Å². The normalized spacial score (nSPS) is 10.2. The van der Waals surface area contributed by atoms with Crippen molar-refractivity contribution in [3.8, 4) is 0 Å². The van der Waals surface area contributed by atoms with Crippen LogP contribution in [0.2, 0.25) is 0 Å². The van der Waals surface area contributed by atoms with E-state index >= 15 is 0 Å². The van der Waals surface area contributed by atoms with E-state index in [0.29, 0.717) is 0 Å². The van der Waals surface area contributed by atoms with Crippen LogP contribution in [0.15, 0.2) is 25.2 Å². The Bertz CT molecular complexity index is 444. The van der Waals surface area contributed by atoms with Crippen LogP contribution < -0.4 is 5.32 Å². The summed E-state index contributed by atoms with van der Waals surface area (Å²) in [5, 5.41) is 3.00. The summed E-state index contributed by atoms with van der Waals surface area (Å²) < 4.78 is 1.94. The highest BCUT2D eigenvalue weighted by atomic mass is 15.1. The van der Waals surface area contributed by atoms with Gasteiger partial charge in [-0.15, -0.1) is 0 Å². The molecule has 0 aliphatic heterocycles. The molecule has 0 radical (unpaired) electrons. The standard InChI is InChI=1S/C9H10N4/c1-3-7-9(10-2)12-6-8-11-4-5-13(7)8/h3-6,10H,1H2,2H3. The van der Waals surface area contributed by atoms with E-state index < -0.39 is 0 Å². The molecule has 4 nitrogen and oxygen atoms in total. The highest BCUT2D eigenvalue weighted by Crippen LogP contribution is 2.14. The van der Waals surface area contributed by atoms with Gasteiger partial charge in [-0.1, -0.05) is 6.58 Å². The number of fused-ring (bicyclic) bond motifs is 1. The Hall–Kier alpha value is -1.84.